The number of rotatable bonds is 7. The minimum atomic E-state index is -0.108. The SMILES string of the molecule is CCNc1cc(C(=O)NC(C)COCC)ccn1. The summed E-state index contributed by atoms with van der Waals surface area (Å²) in [5.74, 6) is 0.603. The fourth-order valence-electron chi connectivity index (χ4n) is 1.49. The fourth-order valence-corrected chi connectivity index (χ4v) is 1.49. The quantitative estimate of drug-likeness (QED) is 0.773. The normalized spacial score (nSPS) is 11.9. The number of pyridine rings is 1. The molecule has 0 aliphatic rings. The van der Waals surface area contributed by atoms with Gasteiger partial charge in [-0.15, -0.1) is 0 Å². The summed E-state index contributed by atoms with van der Waals surface area (Å²) in [5, 5.41) is 5.96. The van der Waals surface area contributed by atoms with E-state index >= 15 is 0 Å². The third-order valence-corrected chi connectivity index (χ3v) is 2.33. The molecule has 0 saturated heterocycles. The number of ether oxygens (including phenoxy) is 1. The molecule has 0 spiro atoms. The van der Waals surface area contributed by atoms with E-state index < -0.39 is 0 Å². The van der Waals surface area contributed by atoms with Crippen LogP contribution in [0.5, 0.6) is 0 Å². The number of nitrogens with zero attached hydrogens (tertiary/aromatic N) is 1. The van der Waals surface area contributed by atoms with Gasteiger partial charge in [-0.25, -0.2) is 4.98 Å². The summed E-state index contributed by atoms with van der Waals surface area (Å²) in [6.45, 7) is 7.78. The molecule has 5 nitrogen and oxygen atoms in total. The lowest BCUT2D eigenvalue weighted by Gasteiger charge is -2.14. The third-order valence-electron chi connectivity index (χ3n) is 2.33. The van der Waals surface area contributed by atoms with Gasteiger partial charge in [-0.05, 0) is 32.9 Å². The molecule has 0 aliphatic heterocycles. The number of amides is 1. The van der Waals surface area contributed by atoms with Crippen LogP contribution in [0.15, 0.2) is 18.3 Å². The van der Waals surface area contributed by atoms with Crippen molar-refractivity contribution >= 4 is 11.7 Å². The highest BCUT2D eigenvalue weighted by Gasteiger charge is 2.10. The second-order valence-corrected chi connectivity index (χ2v) is 3.99. The van der Waals surface area contributed by atoms with Crippen LogP contribution >= 0.6 is 0 Å². The van der Waals surface area contributed by atoms with Crippen molar-refractivity contribution in [3.05, 3.63) is 23.9 Å². The smallest absolute Gasteiger partial charge is 0.251 e. The number of anilines is 1. The highest BCUT2D eigenvalue weighted by Crippen LogP contribution is 2.06. The molecule has 0 aliphatic carbocycles. The molecule has 1 amide bonds. The van der Waals surface area contributed by atoms with Crippen molar-refractivity contribution < 1.29 is 9.53 Å². The summed E-state index contributed by atoms with van der Waals surface area (Å²) in [7, 11) is 0. The van der Waals surface area contributed by atoms with E-state index in [1.165, 1.54) is 0 Å². The minimum absolute atomic E-state index is 0.00630. The fraction of sp³-hybridized carbons (Fsp3) is 0.538. The van der Waals surface area contributed by atoms with Crippen molar-refractivity contribution in [2.75, 3.05) is 25.1 Å². The maximum atomic E-state index is 12.0. The molecule has 1 aromatic heterocycles. The van der Waals surface area contributed by atoms with Gasteiger partial charge in [-0.2, -0.15) is 0 Å². The van der Waals surface area contributed by atoms with Crippen molar-refractivity contribution in [2.24, 2.45) is 0 Å². The molecule has 0 aromatic carbocycles. The number of nitrogens with one attached hydrogen (secondary N) is 2. The summed E-state index contributed by atoms with van der Waals surface area (Å²) in [6.07, 6.45) is 1.63. The summed E-state index contributed by atoms with van der Waals surface area (Å²) < 4.78 is 5.25. The Bertz CT molecular complexity index is 382. The highest BCUT2D eigenvalue weighted by molar-refractivity contribution is 5.94. The first-order chi connectivity index (χ1) is 8.67. The Morgan fingerprint density at radius 2 is 2.28 bits per heavy atom. The van der Waals surface area contributed by atoms with Crippen molar-refractivity contribution in [1.82, 2.24) is 10.3 Å². The van der Waals surface area contributed by atoms with Gasteiger partial charge in [-0.3, -0.25) is 4.79 Å². The minimum Gasteiger partial charge on any atom is -0.380 e. The zero-order chi connectivity index (χ0) is 13.4. The van der Waals surface area contributed by atoms with Crippen LogP contribution < -0.4 is 10.6 Å². The van der Waals surface area contributed by atoms with Crippen LogP contribution in [0.3, 0.4) is 0 Å². The highest BCUT2D eigenvalue weighted by atomic mass is 16.5. The van der Waals surface area contributed by atoms with Crippen LogP contribution in [0.4, 0.5) is 5.82 Å². The standard InChI is InChI=1S/C13H21N3O2/c1-4-14-12-8-11(6-7-15-12)13(17)16-10(3)9-18-5-2/h6-8,10H,4-5,9H2,1-3H3,(H,14,15)(H,16,17). The van der Waals surface area contributed by atoms with E-state index in [-0.39, 0.29) is 11.9 Å². The molecule has 1 rings (SSSR count). The van der Waals surface area contributed by atoms with E-state index in [2.05, 4.69) is 15.6 Å². The van der Waals surface area contributed by atoms with Crippen molar-refractivity contribution in [1.29, 1.82) is 0 Å². The van der Waals surface area contributed by atoms with Gasteiger partial charge in [0, 0.05) is 31.0 Å². The average molecular weight is 251 g/mol. The van der Waals surface area contributed by atoms with E-state index in [4.69, 9.17) is 4.74 Å². The average Bonchev–Trinajstić information content (AvgIpc) is 2.37. The monoisotopic (exact) mass is 251 g/mol. The maximum absolute atomic E-state index is 12.0. The molecule has 1 atom stereocenters. The first-order valence-electron chi connectivity index (χ1n) is 6.25. The molecule has 5 heteroatoms. The zero-order valence-corrected chi connectivity index (χ0v) is 11.2. The predicted molar refractivity (Wildman–Crippen MR) is 71.8 cm³/mol. The molecule has 18 heavy (non-hydrogen) atoms. The lowest BCUT2D eigenvalue weighted by atomic mass is 10.2. The predicted octanol–water partition coefficient (Wildman–Crippen LogP) is 1.67. The molecular formula is C13H21N3O2. The van der Waals surface area contributed by atoms with Crippen LogP contribution in [-0.4, -0.2) is 36.7 Å². The lowest BCUT2D eigenvalue weighted by Crippen LogP contribution is -2.35. The van der Waals surface area contributed by atoms with Gasteiger partial charge >= 0.3 is 0 Å². The van der Waals surface area contributed by atoms with Crippen LogP contribution in [0, 0.1) is 0 Å². The van der Waals surface area contributed by atoms with Gasteiger partial charge in [-0.1, -0.05) is 0 Å². The topological polar surface area (TPSA) is 63.2 Å². The molecule has 2 N–H and O–H groups in total. The molecule has 0 saturated carbocycles. The second-order valence-electron chi connectivity index (χ2n) is 3.99. The summed E-state index contributed by atoms with van der Waals surface area (Å²) >= 11 is 0. The van der Waals surface area contributed by atoms with E-state index in [1.54, 1.807) is 18.3 Å². The Morgan fingerprint density at radius 3 is 2.94 bits per heavy atom. The Kier molecular flexibility index (Phi) is 6.14. The summed E-state index contributed by atoms with van der Waals surface area (Å²) in [4.78, 5) is 16.1. The van der Waals surface area contributed by atoms with Crippen molar-refractivity contribution in [2.45, 2.75) is 26.8 Å². The molecular weight excluding hydrogens is 230 g/mol. The Hall–Kier alpha value is -1.62. The Labute approximate surface area is 108 Å². The van der Waals surface area contributed by atoms with Gasteiger partial charge in [0.25, 0.3) is 5.91 Å². The van der Waals surface area contributed by atoms with Crippen LogP contribution in [0.25, 0.3) is 0 Å². The first kappa shape index (κ1) is 14.4. The molecule has 1 heterocycles. The van der Waals surface area contributed by atoms with Crippen molar-refractivity contribution in [3.8, 4) is 0 Å². The van der Waals surface area contributed by atoms with Gasteiger partial charge in [0.1, 0.15) is 5.82 Å². The lowest BCUT2D eigenvalue weighted by molar-refractivity contribution is 0.0872. The molecule has 100 valence electrons. The number of carbonyl (C=O) groups is 1. The van der Waals surface area contributed by atoms with Crippen LogP contribution in [0.2, 0.25) is 0 Å². The number of hydrogen-bond acceptors (Lipinski definition) is 4. The zero-order valence-electron chi connectivity index (χ0n) is 11.2. The van der Waals surface area contributed by atoms with Crippen LogP contribution in [-0.2, 0) is 4.74 Å². The molecule has 0 fully saturated rings. The first-order valence-corrected chi connectivity index (χ1v) is 6.25. The number of aromatic nitrogens is 1. The van der Waals surface area contributed by atoms with E-state index in [0.717, 1.165) is 6.54 Å². The van der Waals surface area contributed by atoms with E-state index in [9.17, 15) is 4.79 Å². The molecule has 1 unspecified atom stereocenters. The summed E-state index contributed by atoms with van der Waals surface area (Å²) in [5.41, 5.74) is 0.601. The Morgan fingerprint density at radius 1 is 1.50 bits per heavy atom. The van der Waals surface area contributed by atoms with Gasteiger partial charge in [0.2, 0.25) is 0 Å². The van der Waals surface area contributed by atoms with E-state index in [1.807, 2.05) is 20.8 Å². The summed E-state index contributed by atoms with van der Waals surface area (Å²) in [6, 6.07) is 3.43. The van der Waals surface area contributed by atoms with Gasteiger partial charge < -0.3 is 15.4 Å². The van der Waals surface area contributed by atoms with Gasteiger partial charge in [0.05, 0.1) is 6.61 Å². The third kappa shape index (κ3) is 4.71. The number of hydrogen-bond donors (Lipinski definition) is 2. The van der Waals surface area contributed by atoms with Crippen molar-refractivity contribution in [3.63, 3.8) is 0 Å². The van der Waals surface area contributed by atoms with Gasteiger partial charge in [0.15, 0.2) is 0 Å². The molecule has 0 bridgehead atoms. The maximum Gasteiger partial charge on any atom is 0.251 e. The Balaban J connectivity index is 2.57. The number of carbonyl (C=O) groups excluding carboxylic acids is 1. The van der Waals surface area contributed by atoms with Crippen LogP contribution in [0.1, 0.15) is 31.1 Å². The molecule has 0 radical (unpaired) electrons. The molecule has 1 aromatic rings. The van der Waals surface area contributed by atoms with E-state index in [0.29, 0.717) is 24.6 Å². The second kappa shape index (κ2) is 7.66. The largest absolute Gasteiger partial charge is 0.380 e.